The number of ether oxygens (including phenoxy) is 1. The van der Waals surface area contributed by atoms with Gasteiger partial charge in [-0.25, -0.2) is 18.9 Å². The first-order valence-electron chi connectivity index (χ1n) is 16.0. The van der Waals surface area contributed by atoms with E-state index in [0.29, 0.717) is 38.7 Å². The number of rotatable bonds is 9. The maximum Gasteiger partial charge on any atom is 0.418 e. The van der Waals surface area contributed by atoms with E-state index in [4.69, 9.17) is 4.74 Å². The highest BCUT2D eigenvalue weighted by molar-refractivity contribution is 6.06. The molecule has 6 rings (SSSR count). The van der Waals surface area contributed by atoms with E-state index >= 15 is 0 Å². The zero-order chi connectivity index (χ0) is 34.9. The highest BCUT2D eigenvalue weighted by atomic mass is 19.4. The molecule has 2 fully saturated rings. The lowest BCUT2D eigenvalue weighted by Crippen LogP contribution is -2.51. The Morgan fingerprint density at radius 3 is 2.35 bits per heavy atom. The van der Waals surface area contributed by atoms with Gasteiger partial charge in [0.2, 0.25) is 11.5 Å². The molecule has 2 atom stereocenters. The zero-order valence-electron chi connectivity index (χ0n) is 26.7. The van der Waals surface area contributed by atoms with Crippen molar-refractivity contribution in [3.05, 3.63) is 94.8 Å². The lowest BCUT2D eigenvalue weighted by molar-refractivity contribution is -0.187. The second kappa shape index (κ2) is 13.5. The summed E-state index contributed by atoms with van der Waals surface area (Å²) in [4.78, 5) is 56.1. The van der Waals surface area contributed by atoms with Crippen LogP contribution < -0.4 is 10.6 Å². The minimum Gasteiger partial charge on any atom is -0.427 e. The molecule has 14 heteroatoms. The molecule has 0 aromatic heterocycles. The topological polar surface area (TPSA) is 111 Å². The van der Waals surface area contributed by atoms with Crippen LogP contribution in [0.25, 0.3) is 0 Å². The van der Waals surface area contributed by atoms with Crippen molar-refractivity contribution < 1.29 is 41.5 Å². The quantitative estimate of drug-likeness (QED) is 0.262. The first kappa shape index (κ1) is 33.9. The first-order valence-corrected chi connectivity index (χ1v) is 16.0. The van der Waals surface area contributed by atoms with Crippen LogP contribution in [-0.2, 0) is 39.4 Å². The fourth-order valence-corrected chi connectivity index (χ4v) is 6.60. The predicted octanol–water partition coefficient (Wildman–Crippen LogP) is 6.17. The van der Waals surface area contributed by atoms with Crippen LogP contribution in [0.4, 0.5) is 38.5 Å². The van der Waals surface area contributed by atoms with E-state index in [-0.39, 0.29) is 12.0 Å². The number of hydrogen-bond acceptors (Lipinski definition) is 6. The van der Waals surface area contributed by atoms with Crippen LogP contribution in [-0.4, -0.2) is 70.5 Å². The van der Waals surface area contributed by atoms with Crippen LogP contribution in [0.3, 0.4) is 0 Å². The van der Waals surface area contributed by atoms with E-state index in [2.05, 4.69) is 15.5 Å². The number of imide groups is 1. The summed E-state index contributed by atoms with van der Waals surface area (Å²) in [7, 11) is 0. The van der Waals surface area contributed by atoms with Crippen molar-refractivity contribution in [2.75, 3.05) is 30.3 Å². The van der Waals surface area contributed by atoms with E-state index in [1.807, 2.05) is 18.2 Å². The van der Waals surface area contributed by atoms with Gasteiger partial charge in [-0.3, -0.25) is 14.5 Å². The van der Waals surface area contributed by atoms with Crippen LogP contribution in [0, 0.1) is 5.82 Å². The smallest absolute Gasteiger partial charge is 0.418 e. The Hall–Kier alpha value is -4.98. The lowest BCUT2D eigenvalue weighted by atomic mass is 9.94. The number of fused-ring (bicyclic) bond motifs is 2. The number of benzene rings is 3. The standard InChI is InChI=1S/C35H35F4N5O5/c1-22(35(37,38)39)43(20-23-7-9-26(36)10-8-23)30(45)21-44-31(46)34(49-33(44)48)14-13-25-18-28(11-12-29(25)34)41-32(47)40-27-6-4-5-24(17-27)19-42-15-2-3-16-42/h4-12,17-18,22H,2-3,13-16,19-21H2,1H3,(H2,40,41,47)/t22?,34-/m1/s1. The molecule has 2 aliphatic heterocycles. The number of alkyl halides is 3. The maximum atomic E-state index is 13.7. The fourth-order valence-electron chi connectivity index (χ4n) is 6.60. The third-order valence-corrected chi connectivity index (χ3v) is 9.23. The third kappa shape index (κ3) is 7.24. The van der Waals surface area contributed by atoms with Crippen molar-refractivity contribution in [1.29, 1.82) is 0 Å². The molecule has 0 radical (unpaired) electrons. The molecule has 49 heavy (non-hydrogen) atoms. The Kier molecular flexibility index (Phi) is 9.34. The largest absolute Gasteiger partial charge is 0.427 e. The minimum atomic E-state index is -4.81. The summed E-state index contributed by atoms with van der Waals surface area (Å²) >= 11 is 0. The van der Waals surface area contributed by atoms with Gasteiger partial charge in [0, 0.05) is 36.4 Å². The summed E-state index contributed by atoms with van der Waals surface area (Å²) in [6.07, 6.45) is -3.25. The normalized spacial score (nSPS) is 19.6. The van der Waals surface area contributed by atoms with Crippen molar-refractivity contribution in [3.8, 4) is 0 Å². The summed E-state index contributed by atoms with van der Waals surface area (Å²) in [5, 5.41) is 5.61. The van der Waals surface area contributed by atoms with Gasteiger partial charge in [-0.15, -0.1) is 0 Å². The van der Waals surface area contributed by atoms with Crippen LogP contribution in [0.1, 0.15) is 48.4 Å². The molecule has 5 amide bonds. The molecule has 1 spiro atoms. The van der Waals surface area contributed by atoms with Crippen LogP contribution in [0.15, 0.2) is 66.7 Å². The molecular weight excluding hydrogens is 646 g/mol. The van der Waals surface area contributed by atoms with Crippen molar-refractivity contribution >= 4 is 35.3 Å². The van der Waals surface area contributed by atoms with Gasteiger partial charge in [0.05, 0.1) is 0 Å². The molecule has 3 aromatic carbocycles. The lowest BCUT2D eigenvalue weighted by Gasteiger charge is -2.31. The van der Waals surface area contributed by atoms with Crippen molar-refractivity contribution in [2.45, 2.75) is 63.5 Å². The van der Waals surface area contributed by atoms with Gasteiger partial charge < -0.3 is 20.3 Å². The van der Waals surface area contributed by atoms with E-state index in [0.717, 1.165) is 44.3 Å². The Bertz CT molecular complexity index is 1760. The predicted molar refractivity (Wildman–Crippen MR) is 171 cm³/mol. The average molecular weight is 682 g/mol. The van der Waals surface area contributed by atoms with Crippen LogP contribution in [0.5, 0.6) is 0 Å². The van der Waals surface area contributed by atoms with Crippen LogP contribution in [0.2, 0.25) is 0 Å². The molecule has 2 saturated heterocycles. The SMILES string of the molecule is CC(N(Cc1ccc(F)cc1)C(=O)CN1C(=O)O[C@@]2(CCc3cc(NC(=O)Nc4cccc(CN5CCCC5)c4)ccc32)C1=O)C(F)(F)F. The zero-order valence-corrected chi connectivity index (χ0v) is 26.7. The second-order valence-corrected chi connectivity index (χ2v) is 12.6. The number of nitrogens with zero attached hydrogens (tertiary/aromatic N) is 3. The van der Waals surface area contributed by atoms with Gasteiger partial charge in [0.25, 0.3) is 5.91 Å². The minimum absolute atomic E-state index is 0.0509. The van der Waals surface area contributed by atoms with Crippen molar-refractivity contribution in [3.63, 3.8) is 0 Å². The number of hydrogen-bond donors (Lipinski definition) is 2. The van der Waals surface area contributed by atoms with Gasteiger partial charge in [-0.1, -0.05) is 30.3 Å². The molecule has 0 bridgehead atoms. The highest BCUT2D eigenvalue weighted by Gasteiger charge is 2.58. The van der Waals surface area contributed by atoms with Gasteiger partial charge >= 0.3 is 18.3 Å². The number of amides is 5. The van der Waals surface area contributed by atoms with Gasteiger partial charge in [0.15, 0.2) is 0 Å². The van der Waals surface area contributed by atoms with Gasteiger partial charge in [0.1, 0.15) is 18.4 Å². The van der Waals surface area contributed by atoms with Crippen molar-refractivity contribution in [2.24, 2.45) is 0 Å². The van der Waals surface area contributed by atoms with Crippen molar-refractivity contribution in [1.82, 2.24) is 14.7 Å². The van der Waals surface area contributed by atoms with E-state index in [1.165, 1.54) is 25.0 Å². The van der Waals surface area contributed by atoms with E-state index in [9.17, 15) is 36.7 Å². The highest BCUT2D eigenvalue weighted by Crippen LogP contribution is 2.46. The number of aryl methyl sites for hydroxylation is 1. The number of urea groups is 1. The Balaban J connectivity index is 1.12. The molecular formula is C35H35F4N5O5. The molecule has 3 aromatic rings. The Labute approximate surface area is 280 Å². The van der Waals surface area contributed by atoms with E-state index in [1.54, 1.807) is 24.3 Å². The molecule has 2 N–H and O–H groups in total. The summed E-state index contributed by atoms with van der Waals surface area (Å²) in [5.41, 5.74) is 1.63. The second-order valence-electron chi connectivity index (χ2n) is 12.6. The summed E-state index contributed by atoms with van der Waals surface area (Å²) in [5.74, 6) is -2.60. The maximum absolute atomic E-state index is 13.7. The Morgan fingerprint density at radius 1 is 0.959 bits per heavy atom. The van der Waals surface area contributed by atoms with Crippen LogP contribution >= 0.6 is 0 Å². The first-order chi connectivity index (χ1) is 23.3. The molecule has 1 unspecified atom stereocenters. The third-order valence-electron chi connectivity index (χ3n) is 9.23. The molecule has 1 aliphatic carbocycles. The summed E-state index contributed by atoms with van der Waals surface area (Å²) in [6.45, 7) is 2.20. The summed E-state index contributed by atoms with van der Waals surface area (Å²) in [6, 6.07) is 14.3. The molecule has 2 heterocycles. The number of nitrogens with one attached hydrogen (secondary N) is 2. The Morgan fingerprint density at radius 2 is 1.65 bits per heavy atom. The molecule has 10 nitrogen and oxygen atoms in total. The fraction of sp³-hybridized carbons (Fsp3) is 0.371. The van der Waals surface area contributed by atoms with Gasteiger partial charge in [-0.2, -0.15) is 13.2 Å². The number of likely N-dealkylation sites (tertiary alicyclic amines) is 1. The monoisotopic (exact) mass is 681 g/mol. The van der Waals surface area contributed by atoms with E-state index < -0.39 is 60.7 Å². The molecule has 3 aliphatic rings. The molecule has 0 saturated carbocycles. The molecule has 258 valence electrons. The average Bonchev–Trinajstić information content (AvgIpc) is 3.75. The summed E-state index contributed by atoms with van der Waals surface area (Å²) < 4.78 is 60.2. The number of carbonyl (C=O) groups is 4. The number of anilines is 2. The number of carbonyl (C=O) groups excluding carboxylic acids is 4. The van der Waals surface area contributed by atoms with Gasteiger partial charge in [-0.05, 0) is 92.4 Å². The number of halogens is 4.